The Hall–Kier alpha value is -1.95. The predicted octanol–water partition coefficient (Wildman–Crippen LogP) is 4.60. The fraction of sp³-hybridized carbons (Fsp3) is 0.409. The molecule has 0 unspecified atom stereocenters. The average molecular weight is 384 g/mol. The van der Waals surface area contributed by atoms with Gasteiger partial charge in [0.05, 0.1) is 6.10 Å². The second-order valence-corrected chi connectivity index (χ2v) is 8.19. The molecule has 1 saturated heterocycles. The van der Waals surface area contributed by atoms with Gasteiger partial charge in [-0.2, -0.15) is 0 Å². The minimum absolute atomic E-state index is 0.279. The number of nitrogens with zero attached hydrogens (tertiary/aromatic N) is 1. The third-order valence-electron chi connectivity index (χ3n) is 5.14. The Morgan fingerprint density at radius 2 is 2.15 bits per heavy atom. The Morgan fingerprint density at radius 3 is 2.89 bits per heavy atom. The van der Waals surface area contributed by atoms with E-state index >= 15 is 0 Å². The third kappa shape index (κ3) is 4.49. The molecule has 1 aromatic carbocycles. The summed E-state index contributed by atoms with van der Waals surface area (Å²) in [6, 6.07) is 12.1. The quantitative estimate of drug-likeness (QED) is 0.559. The highest BCUT2D eigenvalue weighted by Crippen LogP contribution is 2.23. The molecule has 3 heterocycles. The van der Waals surface area contributed by atoms with E-state index in [2.05, 4.69) is 41.5 Å². The lowest BCUT2D eigenvalue weighted by Crippen LogP contribution is -2.31. The molecule has 0 saturated carbocycles. The summed E-state index contributed by atoms with van der Waals surface area (Å²) in [6.45, 7) is 5.42. The van der Waals surface area contributed by atoms with E-state index in [9.17, 15) is 4.79 Å². The first-order chi connectivity index (χ1) is 13.2. The Balaban J connectivity index is 1.63. The van der Waals surface area contributed by atoms with Gasteiger partial charge >= 0.3 is 5.63 Å². The average Bonchev–Trinajstić information content (AvgIpc) is 3.35. The number of thiophene rings is 1. The van der Waals surface area contributed by atoms with Crippen molar-refractivity contribution in [3.8, 4) is 0 Å². The van der Waals surface area contributed by atoms with Crippen molar-refractivity contribution in [3.63, 3.8) is 0 Å². The molecule has 1 aliphatic rings. The van der Waals surface area contributed by atoms with Crippen molar-refractivity contribution < 1.29 is 9.15 Å². The van der Waals surface area contributed by atoms with E-state index in [-0.39, 0.29) is 11.7 Å². The first-order valence-corrected chi connectivity index (χ1v) is 10.5. The van der Waals surface area contributed by atoms with Gasteiger partial charge in [0.1, 0.15) is 5.58 Å². The first-order valence-electron chi connectivity index (χ1n) is 9.63. The molecule has 0 N–H and O–H groups in total. The highest BCUT2D eigenvalue weighted by atomic mass is 32.1. The van der Waals surface area contributed by atoms with Crippen LogP contribution < -0.4 is 5.63 Å². The van der Waals surface area contributed by atoms with E-state index in [1.54, 1.807) is 17.4 Å². The molecule has 1 aliphatic heterocycles. The number of rotatable bonds is 7. The number of benzene rings is 1. The zero-order valence-corrected chi connectivity index (χ0v) is 16.5. The van der Waals surface area contributed by atoms with Crippen LogP contribution in [0.2, 0.25) is 0 Å². The summed E-state index contributed by atoms with van der Waals surface area (Å²) >= 11 is 1.77. The fourth-order valence-corrected chi connectivity index (χ4v) is 4.50. The molecule has 4 rings (SSSR count). The maximum Gasteiger partial charge on any atom is 0.336 e. The molecular formula is C22H25NO3S. The molecule has 1 fully saturated rings. The van der Waals surface area contributed by atoms with Crippen molar-refractivity contribution in [1.82, 2.24) is 4.90 Å². The zero-order chi connectivity index (χ0) is 18.6. The highest BCUT2D eigenvalue weighted by Gasteiger charge is 2.21. The summed E-state index contributed by atoms with van der Waals surface area (Å²) < 4.78 is 11.3. The monoisotopic (exact) mass is 383 g/mol. The van der Waals surface area contributed by atoms with Crippen LogP contribution in [0.1, 0.15) is 35.8 Å². The topological polar surface area (TPSA) is 42.7 Å². The molecule has 27 heavy (non-hydrogen) atoms. The molecule has 0 aliphatic carbocycles. The predicted molar refractivity (Wildman–Crippen MR) is 109 cm³/mol. The Morgan fingerprint density at radius 1 is 1.22 bits per heavy atom. The summed E-state index contributed by atoms with van der Waals surface area (Å²) in [5, 5.41) is 3.13. The zero-order valence-electron chi connectivity index (χ0n) is 15.6. The highest BCUT2D eigenvalue weighted by molar-refractivity contribution is 7.09. The largest absolute Gasteiger partial charge is 0.423 e. The maximum absolute atomic E-state index is 12.1. The van der Waals surface area contributed by atoms with Crippen LogP contribution in [0.25, 0.3) is 11.0 Å². The second-order valence-electron chi connectivity index (χ2n) is 7.16. The minimum atomic E-state index is -0.279. The van der Waals surface area contributed by atoms with Crippen LogP contribution in [0.4, 0.5) is 0 Å². The maximum atomic E-state index is 12.1. The Kier molecular flexibility index (Phi) is 5.72. The molecule has 4 nitrogen and oxygen atoms in total. The van der Waals surface area contributed by atoms with E-state index in [1.165, 1.54) is 10.4 Å². The van der Waals surface area contributed by atoms with Crippen molar-refractivity contribution in [2.45, 2.75) is 45.4 Å². The summed E-state index contributed by atoms with van der Waals surface area (Å²) in [4.78, 5) is 15.9. The lowest BCUT2D eigenvalue weighted by atomic mass is 10.1. The summed E-state index contributed by atoms with van der Waals surface area (Å²) in [5.41, 5.74) is 2.61. The molecular weight excluding hydrogens is 358 g/mol. The number of aryl methyl sites for hydroxylation is 1. The van der Waals surface area contributed by atoms with Crippen molar-refractivity contribution >= 4 is 22.3 Å². The number of hydrogen-bond donors (Lipinski definition) is 0. The Labute approximate surface area is 163 Å². The van der Waals surface area contributed by atoms with E-state index in [0.717, 1.165) is 49.9 Å². The van der Waals surface area contributed by atoms with Crippen molar-refractivity contribution in [1.29, 1.82) is 0 Å². The van der Waals surface area contributed by atoms with Crippen LogP contribution in [0.5, 0.6) is 0 Å². The van der Waals surface area contributed by atoms with Crippen LogP contribution in [0.3, 0.4) is 0 Å². The molecule has 0 bridgehead atoms. The standard InChI is InChI=1S/C22H25NO3S/c1-2-16-7-8-20-17(12-22(24)26-21(20)11-16)13-23(14-18-5-3-9-25-18)15-19-6-4-10-27-19/h4,6-8,10-12,18H,2-3,5,9,13-15H2,1H3/t18-/m0/s1. The molecule has 0 spiro atoms. The lowest BCUT2D eigenvalue weighted by molar-refractivity contribution is 0.0683. The number of fused-ring (bicyclic) bond motifs is 1. The summed E-state index contributed by atoms with van der Waals surface area (Å²) in [7, 11) is 0. The van der Waals surface area contributed by atoms with E-state index < -0.39 is 0 Å². The van der Waals surface area contributed by atoms with Gasteiger partial charge in [-0.3, -0.25) is 4.90 Å². The van der Waals surface area contributed by atoms with E-state index in [4.69, 9.17) is 9.15 Å². The van der Waals surface area contributed by atoms with Gasteiger partial charge < -0.3 is 9.15 Å². The number of hydrogen-bond acceptors (Lipinski definition) is 5. The molecule has 0 amide bonds. The smallest absolute Gasteiger partial charge is 0.336 e. The Bertz CT molecular complexity index is 942. The molecule has 3 aromatic rings. The van der Waals surface area contributed by atoms with Crippen LogP contribution in [0.15, 0.2) is 51.0 Å². The normalized spacial score (nSPS) is 17.2. The molecule has 1 atom stereocenters. The third-order valence-corrected chi connectivity index (χ3v) is 6.00. The van der Waals surface area contributed by atoms with Crippen LogP contribution in [-0.4, -0.2) is 24.2 Å². The molecule has 0 radical (unpaired) electrons. The van der Waals surface area contributed by atoms with Crippen molar-refractivity contribution in [3.05, 3.63) is 68.2 Å². The van der Waals surface area contributed by atoms with Gasteiger partial charge in [0, 0.05) is 42.6 Å². The van der Waals surface area contributed by atoms with Gasteiger partial charge in [0.15, 0.2) is 0 Å². The van der Waals surface area contributed by atoms with Gasteiger partial charge in [-0.15, -0.1) is 11.3 Å². The van der Waals surface area contributed by atoms with Gasteiger partial charge in [-0.25, -0.2) is 4.79 Å². The van der Waals surface area contributed by atoms with Gasteiger partial charge in [0.2, 0.25) is 0 Å². The number of ether oxygens (including phenoxy) is 1. The van der Waals surface area contributed by atoms with Gasteiger partial charge in [-0.1, -0.05) is 25.1 Å². The SMILES string of the molecule is CCc1ccc2c(CN(Cc3cccs3)C[C@@H]3CCCO3)cc(=O)oc2c1. The van der Waals surface area contributed by atoms with E-state index in [1.807, 2.05) is 6.07 Å². The lowest BCUT2D eigenvalue weighted by Gasteiger charge is -2.25. The molecule has 5 heteroatoms. The first kappa shape index (κ1) is 18.4. The van der Waals surface area contributed by atoms with Crippen LogP contribution in [-0.2, 0) is 24.2 Å². The second kappa shape index (κ2) is 8.38. The van der Waals surface area contributed by atoms with Gasteiger partial charge in [-0.05, 0) is 47.9 Å². The van der Waals surface area contributed by atoms with Crippen molar-refractivity contribution in [2.75, 3.05) is 13.2 Å². The van der Waals surface area contributed by atoms with Crippen molar-refractivity contribution in [2.24, 2.45) is 0 Å². The molecule has 2 aromatic heterocycles. The van der Waals surface area contributed by atoms with Crippen LogP contribution in [0, 0.1) is 0 Å². The van der Waals surface area contributed by atoms with E-state index in [0.29, 0.717) is 12.1 Å². The minimum Gasteiger partial charge on any atom is -0.423 e. The summed E-state index contributed by atoms with van der Waals surface area (Å²) in [6.07, 6.45) is 3.45. The van der Waals surface area contributed by atoms with Gasteiger partial charge in [0.25, 0.3) is 0 Å². The fourth-order valence-electron chi connectivity index (χ4n) is 3.75. The molecule has 142 valence electrons. The summed E-state index contributed by atoms with van der Waals surface area (Å²) in [5.74, 6) is 0. The van der Waals surface area contributed by atoms with Crippen LogP contribution >= 0.6 is 11.3 Å².